The second-order valence-corrected chi connectivity index (χ2v) is 9.61. The van der Waals surface area contributed by atoms with Crippen LogP contribution in [0.15, 0.2) is 48.5 Å². The maximum absolute atomic E-state index is 12.6. The van der Waals surface area contributed by atoms with Crippen molar-refractivity contribution in [2.75, 3.05) is 13.1 Å². The van der Waals surface area contributed by atoms with Crippen LogP contribution in [0.1, 0.15) is 50.1 Å². The summed E-state index contributed by atoms with van der Waals surface area (Å²) < 4.78 is 1.95. The van der Waals surface area contributed by atoms with Crippen molar-refractivity contribution in [3.05, 3.63) is 65.5 Å². The fraction of sp³-hybridized carbons (Fsp3) is 0.481. The van der Waals surface area contributed by atoms with Crippen LogP contribution in [-0.4, -0.2) is 44.6 Å². The minimum atomic E-state index is -0.130. The van der Waals surface area contributed by atoms with Crippen molar-refractivity contribution in [1.82, 2.24) is 19.8 Å². The Hall–Kier alpha value is -2.70. The van der Waals surface area contributed by atoms with Crippen LogP contribution in [0.25, 0.3) is 11.0 Å². The summed E-state index contributed by atoms with van der Waals surface area (Å²) in [7, 11) is 0. The van der Waals surface area contributed by atoms with Gasteiger partial charge in [-0.2, -0.15) is 0 Å². The molecule has 4 rings (SSSR count). The van der Waals surface area contributed by atoms with E-state index in [2.05, 4.69) is 53.3 Å². The number of nitrogens with one attached hydrogen (secondary N) is 1. The molecule has 1 aromatic heterocycles. The molecule has 1 fully saturated rings. The highest BCUT2D eigenvalue weighted by atomic mass is 16.3. The van der Waals surface area contributed by atoms with Gasteiger partial charge in [0.05, 0.1) is 11.0 Å². The van der Waals surface area contributed by atoms with Crippen LogP contribution in [0.2, 0.25) is 0 Å². The highest BCUT2D eigenvalue weighted by Gasteiger charge is 2.21. The van der Waals surface area contributed by atoms with Gasteiger partial charge in [-0.1, -0.05) is 50.2 Å². The molecule has 176 valence electrons. The molecule has 0 bridgehead atoms. The zero-order valence-electron chi connectivity index (χ0n) is 19.8. The number of aromatic nitrogens is 2. The molecule has 0 radical (unpaired) electrons. The number of carbonyl (C=O) groups excluding carboxylic acids is 1. The monoisotopic (exact) mass is 448 g/mol. The van der Waals surface area contributed by atoms with Crippen LogP contribution >= 0.6 is 0 Å². The lowest BCUT2D eigenvalue weighted by molar-refractivity contribution is -0.122. The Morgan fingerprint density at radius 2 is 1.79 bits per heavy atom. The molecule has 2 heterocycles. The summed E-state index contributed by atoms with van der Waals surface area (Å²) in [5, 5.41) is 12.9. The van der Waals surface area contributed by atoms with Gasteiger partial charge in [-0.25, -0.2) is 4.98 Å². The standard InChI is InChI=1S/C27H36N4O2/c1-20(2)17-21-7-9-22(10-8-21)18-30-14-11-23(12-15-30)28-27(33)13-16-31-25-6-4-3-5-24(25)29-26(31)19-32/h3-10,20,23,32H,11-19H2,1-2H3,(H,28,33). The number of fused-ring (bicyclic) bond motifs is 1. The zero-order valence-corrected chi connectivity index (χ0v) is 19.8. The van der Waals surface area contributed by atoms with E-state index in [9.17, 15) is 9.90 Å². The maximum atomic E-state index is 12.6. The van der Waals surface area contributed by atoms with Gasteiger partial charge in [0.15, 0.2) is 0 Å². The molecule has 3 aromatic rings. The number of amides is 1. The molecule has 6 heteroatoms. The van der Waals surface area contributed by atoms with Crippen molar-refractivity contribution in [1.29, 1.82) is 0 Å². The van der Waals surface area contributed by atoms with E-state index in [-0.39, 0.29) is 18.6 Å². The molecule has 33 heavy (non-hydrogen) atoms. The lowest BCUT2D eigenvalue weighted by atomic mass is 10.0. The van der Waals surface area contributed by atoms with Crippen molar-refractivity contribution in [2.45, 2.75) is 65.3 Å². The molecule has 1 aliphatic heterocycles. The molecule has 0 spiro atoms. The number of imidazole rings is 1. The minimum Gasteiger partial charge on any atom is -0.388 e. The van der Waals surface area contributed by atoms with E-state index in [1.807, 2.05) is 28.8 Å². The second kappa shape index (κ2) is 10.9. The summed E-state index contributed by atoms with van der Waals surface area (Å²) in [5.74, 6) is 1.35. The Kier molecular flexibility index (Phi) is 7.78. The number of likely N-dealkylation sites (tertiary alicyclic amines) is 1. The fourth-order valence-electron chi connectivity index (χ4n) is 4.75. The SMILES string of the molecule is CC(C)Cc1ccc(CN2CCC(NC(=O)CCn3c(CO)nc4ccccc43)CC2)cc1. The molecular formula is C27H36N4O2. The van der Waals surface area contributed by atoms with Gasteiger partial charge in [-0.15, -0.1) is 0 Å². The first kappa shape index (κ1) is 23.5. The number of nitrogens with zero attached hydrogens (tertiary/aromatic N) is 3. The van der Waals surface area contributed by atoms with Crippen molar-refractivity contribution in [3.8, 4) is 0 Å². The number of rotatable bonds is 9. The Labute approximate surface area is 196 Å². The van der Waals surface area contributed by atoms with Gasteiger partial charge in [0, 0.05) is 38.6 Å². The number of piperidine rings is 1. The molecule has 2 N–H and O–H groups in total. The average molecular weight is 449 g/mol. The van der Waals surface area contributed by atoms with Gasteiger partial charge < -0.3 is 15.0 Å². The fourth-order valence-corrected chi connectivity index (χ4v) is 4.75. The molecule has 2 aromatic carbocycles. The smallest absolute Gasteiger partial charge is 0.222 e. The molecule has 6 nitrogen and oxygen atoms in total. The first-order valence-corrected chi connectivity index (χ1v) is 12.2. The number of aliphatic hydroxyl groups is 1. The predicted octanol–water partition coefficient (Wildman–Crippen LogP) is 3.90. The van der Waals surface area contributed by atoms with E-state index in [1.165, 1.54) is 11.1 Å². The molecule has 0 aliphatic carbocycles. The average Bonchev–Trinajstić information content (AvgIpc) is 3.18. The molecular weight excluding hydrogens is 412 g/mol. The third-order valence-corrected chi connectivity index (χ3v) is 6.46. The van der Waals surface area contributed by atoms with Crippen LogP contribution in [0.3, 0.4) is 0 Å². The summed E-state index contributed by atoms with van der Waals surface area (Å²) >= 11 is 0. The molecule has 0 atom stereocenters. The lowest BCUT2D eigenvalue weighted by Gasteiger charge is -2.32. The number of benzene rings is 2. The summed E-state index contributed by atoms with van der Waals surface area (Å²) in [6.07, 6.45) is 3.47. The van der Waals surface area contributed by atoms with Gasteiger partial charge >= 0.3 is 0 Å². The minimum absolute atomic E-state index is 0.0656. The number of aryl methyl sites for hydroxylation is 1. The van der Waals surface area contributed by atoms with Crippen molar-refractivity contribution in [2.24, 2.45) is 5.92 Å². The number of aliphatic hydroxyl groups excluding tert-OH is 1. The summed E-state index contributed by atoms with van der Waals surface area (Å²) in [5.41, 5.74) is 4.57. The van der Waals surface area contributed by atoms with Crippen LogP contribution in [0, 0.1) is 5.92 Å². The quantitative estimate of drug-likeness (QED) is 0.521. The molecule has 0 unspecified atom stereocenters. The highest BCUT2D eigenvalue weighted by Crippen LogP contribution is 2.18. The van der Waals surface area contributed by atoms with Gasteiger partial charge in [0.2, 0.25) is 5.91 Å². The maximum Gasteiger partial charge on any atom is 0.222 e. The van der Waals surface area contributed by atoms with Gasteiger partial charge in [-0.05, 0) is 48.4 Å². The van der Waals surface area contributed by atoms with Crippen LogP contribution < -0.4 is 5.32 Å². The number of hydrogen-bond acceptors (Lipinski definition) is 4. The summed E-state index contributed by atoms with van der Waals surface area (Å²) in [6, 6.07) is 17.1. The molecule has 0 saturated carbocycles. The van der Waals surface area contributed by atoms with E-state index in [0.29, 0.717) is 24.7 Å². The van der Waals surface area contributed by atoms with E-state index >= 15 is 0 Å². The Balaban J connectivity index is 1.22. The van der Waals surface area contributed by atoms with Crippen LogP contribution in [-0.2, 0) is 30.9 Å². The lowest BCUT2D eigenvalue weighted by Crippen LogP contribution is -2.44. The summed E-state index contributed by atoms with van der Waals surface area (Å²) in [6.45, 7) is 7.87. The van der Waals surface area contributed by atoms with Crippen molar-refractivity contribution in [3.63, 3.8) is 0 Å². The van der Waals surface area contributed by atoms with Crippen LogP contribution in [0.4, 0.5) is 0 Å². The number of para-hydroxylation sites is 2. The number of hydrogen-bond donors (Lipinski definition) is 2. The first-order valence-electron chi connectivity index (χ1n) is 12.2. The van der Waals surface area contributed by atoms with E-state index < -0.39 is 0 Å². The Morgan fingerprint density at radius 3 is 2.48 bits per heavy atom. The molecule has 1 amide bonds. The van der Waals surface area contributed by atoms with Crippen molar-refractivity contribution < 1.29 is 9.90 Å². The Morgan fingerprint density at radius 1 is 1.09 bits per heavy atom. The summed E-state index contributed by atoms with van der Waals surface area (Å²) in [4.78, 5) is 19.5. The third kappa shape index (κ3) is 6.21. The van der Waals surface area contributed by atoms with Crippen molar-refractivity contribution >= 4 is 16.9 Å². The van der Waals surface area contributed by atoms with Gasteiger partial charge in [-0.3, -0.25) is 9.69 Å². The first-order chi connectivity index (χ1) is 16.0. The van der Waals surface area contributed by atoms with E-state index in [1.54, 1.807) is 0 Å². The molecule has 1 aliphatic rings. The zero-order chi connectivity index (χ0) is 23.2. The topological polar surface area (TPSA) is 70.4 Å². The highest BCUT2D eigenvalue weighted by molar-refractivity contribution is 5.78. The second-order valence-electron chi connectivity index (χ2n) is 9.61. The van der Waals surface area contributed by atoms with Gasteiger partial charge in [0.1, 0.15) is 12.4 Å². The normalized spacial score (nSPS) is 15.4. The Bertz CT molecular complexity index is 1050. The van der Waals surface area contributed by atoms with Crippen LogP contribution in [0.5, 0.6) is 0 Å². The van der Waals surface area contributed by atoms with Gasteiger partial charge in [0.25, 0.3) is 0 Å². The largest absolute Gasteiger partial charge is 0.388 e. The third-order valence-electron chi connectivity index (χ3n) is 6.46. The predicted molar refractivity (Wildman–Crippen MR) is 132 cm³/mol. The number of carbonyl (C=O) groups is 1. The molecule has 1 saturated heterocycles. The van der Waals surface area contributed by atoms with E-state index in [4.69, 9.17) is 0 Å². The van der Waals surface area contributed by atoms with E-state index in [0.717, 1.165) is 49.9 Å².